The van der Waals surface area contributed by atoms with Crippen molar-refractivity contribution in [2.45, 2.75) is 17.6 Å². The van der Waals surface area contributed by atoms with E-state index in [1.807, 2.05) is 43.3 Å². The Morgan fingerprint density at radius 1 is 1.04 bits per heavy atom. The van der Waals surface area contributed by atoms with Gasteiger partial charge < -0.3 is 5.21 Å². The first-order chi connectivity index (χ1) is 11.1. The molecule has 0 aliphatic heterocycles. The first-order valence-corrected chi connectivity index (χ1v) is 8.39. The van der Waals surface area contributed by atoms with E-state index in [-0.39, 0.29) is 0 Å². The molecule has 0 N–H and O–H groups in total. The lowest BCUT2D eigenvalue weighted by Gasteiger charge is -2.06. The lowest BCUT2D eigenvalue weighted by atomic mass is 10.2. The molecule has 0 aliphatic carbocycles. The fourth-order valence-corrected chi connectivity index (χ4v) is 2.93. The summed E-state index contributed by atoms with van der Waals surface area (Å²) in [4.78, 5) is 1.10. The van der Waals surface area contributed by atoms with E-state index in [0.717, 1.165) is 15.2 Å². The molecule has 1 heterocycles. The summed E-state index contributed by atoms with van der Waals surface area (Å²) in [6, 6.07) is 15.3. The fourth-order valence-electron chi connectivity index (χ4n) is 1.99. The number of aromatic nitrogens is 3. The molecule has 0 saturated heterocycles. The third kappa shape index (κ3) is 4.00. The van der Waals surface area contributed by atoms with E-state index in [9.17, 15) is 5.21 Å². The molecule has 0 unspecified atom stereocenters. The van der Waals surface area contributed by atoms with E-state index in [1.165, 1.54) is 11.8 Å². The Balaban J connectivity index is 1.74. The second-order valence-electron chi connectivity index (χ2n) is 5.06. The van der Waals surface area contributed by atoms with Crippen LogP contribution in [0.3, 0.4) is 0 Å². The van der Waals surface area contributed by atoms with E-state index < -0.39 is 0 Å². The minimum atomic E-state index is 0.383. The molecule has 0 spiro atoms. The maximum Gasteiger partial charge on any atom is 0.339 e. The molecule has 0 amide bonds. The summed E-state index contributed by atoms with van der Waals surface area (Å²) in [7, 11) is 0. The molecule has 0 fully saturated rings. The van der Waals surface area contributed by atoms with Gasteiger partial charge in [-0.05, 0) is 36.3 Å². The molecule has 0 radical (unpaired) electrons. The van der Waals surface area contributed by atoms with Crippen LogP contribution in [-0.2, 0) is 5.75 Å². The summed E-state index contributed by atoms with van der Waals surface area (Å²) in [5, 5.41) is 21.0. The van der Waals surface area contributed by atoms with Crippen molar-refractivity contribution in [3.05, 3.63) is 76.3 Å². The normalized spacial score (nSPS) is 10.7. The largest absolute Gasteiger partial charge is 0.711 e. The summed E-state index contributed by atoms with van der Waals surface area (Å²) in [5.41, 5.74) is 2.55. The van der Waals surface area contributed by atoms with Gasteiger partial charge in [0.2, 0.25) is 0 Å². The van der Waals surface area contributed by atoms with E-state index >= 15 is 0 Å². The van der Waals surface area contributed by atoms with Crippen LogP contribution < -0.4 is 4.73 Å². The molecular formula is C17H14ClN3OS. The third-order valence-electron chi connectivity index (χ3n) is 3.30. The standard InChI is InChI=1S/C17H14ClN3OS/c1-12-2-8-15(9-3-12)23-11-17-20-19-16(10-21(17)22)13-4-6-14(18)7-5-13/h2-10H,11H2,1H3. The van der Waals surface area contributed by atoms with Crippen LogP contribution in [0.15, 0.2) is 59.6 Å². The molecule has 0 aliphatic rings. The van der Waals surface area contributed by atoms with Gasteiger partial charge in [0.1, 0.15) is 11.9 Å². The number of benzene rings is 2. The molecule has 0 saturated carbocycles. The van der Waals surface area contributed by atoms with Gasteiger partial charge in [-0.2, -0.15) is 0 Å². The van der Waals surface area contributed by atoms with Crippen molar-refractivity contribution < 1.29 is 4.73 Å². The topological polar surface area (TPSA) is 52.7 Å². The molecule has 2 aromatic carbocycles. The highest BCUT2D eigenvalue weighted by Crippen LogP contribution is 2.22. The lowest BCUT2D eigenvalue weighted by Crippen LogP contribution is -2.33. The molecule has 6 heteroatoms. The second kappa shape index (κ2) is 6.98. The monoisotopic (exact) mass is 343 g/mol. The minimum Gasteiger partial charge on any atom is -0.711 e. The van der Waals surface area contributed by atoms with Crippen LogP contribution in [0.25, 0.3) is 11.3 Å². The highest BCUT2D eigenvalue weighted by atomic mass is 35.5. The van der Waals surface area contributed by atoms with E-state index in [0.29, 0.717) is 22.3 Å². The Labute approximate surface area is 143 Å². The van der Waals surface area contributed by atoms with Crippen LogP contribution >= 0.6 is 23.4 Å². The molecule has 3 rings (SSSR count). The van der Waals surface area contributed by atoms with Gasteiger partial charge >= 0.3 is 5.82 Å². The number of hydrogen-bond acceptors (Lipinski definition) is 4. The molecule has 3 aromatic rings. The lowest BCUT2D eigenvalue weighted by molar-refractivity contribution is -0.616. The summed E-state index contributed by atoms with van der Waals surface area (Å²) in [5.74, 6) is 0.855. The van der Waals surface area contributed by atoms with Crippen molar-refractivity contribution in [1.29, 1.82) is 0 Å². The van der Waals surface area contributed by atoms with Crippen LogP contribution in [0.1, 0.15) is 11.4 Å². The van der Waals surface area contributed by atoms with E-state index in [4.69, 9.17) is 11.6 Å². The van der Waals surface area contributed by atoms with Crippen LogP contribution in [-0.4, -0.2) is 10.2 Å². The number of hydrogen-bond donors (Lipinski definition) is 0. The number of nitrogens with zero attached hydrogens (tertiary/aromatic N) is 3. The Bertz CT molecular complexity index is 807. The van der Waals surface area contributed by atoms with Crippen molar-refractivity contribution in [2.75, 3.05) is 0 Å². The SMILES string of the molecule is Cc1ccc(SCc2nnc(-c3ccc(Cl)cc3)c[n+]2[O-])cc1. The molecule has 23 heavy (non-hydrogen) atoms. The first-order valence-electron chi connectivity index (χ1n) is 7.03. The summed E-state index contributed by atoms with van der Waals surface area (Å²) in [6.07, 6.45) is 1.45. The van der Waals surface area contributed by atoms with Crippen molar-refractivity contribution >= 4 is 23.4 Å². The van der Waals surface area contributed by atoms with E-state index in [2.05, 4.69) is 10.2 Å². The van der Waals surface area contributed by atoms with Crippen LogP contribution in [0, 0.1) is 12.1 Å². The van der Waals surface area contributed by atoms with Crippen molar-refractivity contribution in [3.8, 4) is 11.3 Å². The van der Waals surface area contributed by atoms with Gasteiger partial charge in [-0.1, -0.05) is 41.4 Å². The van der Waals surface area contributed by atoms with Gasteiger partial charge in [0.15, 0.2) is 5.69 Å². The zero-order valence-corrected chi connectivity index (χ0v) is 14.0. The highest BCUT2D eigenvalue weighted by molar-refractivity contribution is 7.98. The number of thioether (sulfide) groups is 1. The fraction of sp³-hybridized carbons (Fsp3) is 0.118. The van der Waals surface area contributed by atoms with Crippen LogP contribution in [0.2, 0.25) is 5.02 Å². The van der Waals surface area contributed by atoms with Crippen molar-refractivity contribution in [3.63, 3.8) is 0 Å². The number of aryl methyl sites for hydroxylation is 1. The predicted molar refractivity (Wildman–Crippen MR) is 92.2 cm³/mol. The second-order valence-corrected chi connectivity index (χ2v) is 6.55. The molecule has 4 nitrogen and oxygen atoms in total. The molecule has 1 aromatic heterocycles. The summed E-state index contributed by atoms with van der Waals surface area (Å²) < 4.78 is 0.776. The number of halogens is 1. The smallest absolute Gasteiger partial charge is 0.339 e. The molecule has 116 valence electrons. The first kappa shape index (κ1) is 15.8. The Morgan fingerprint density at radius 3 is 2.39 bits per heavy atom. The quantitative estimate of drug-likeness (QED) is 0.407. The Hall–Kier alpha value is -2.11. The number of rotatable bonds is 4. The van der Waals surface area contributed by atoms with Crippen molar-refractivity contribution in [2.24, 2.45) is 0 Å². The zero-order valence-electron chi connectivity index (χ0n) is 12.4. The highest BCUT2D eigenvalue weighted by Gasteiger charge is 2.13. The van der Waals surface area contributed by atoms with E-state index in [1.54, 1.807) is 23.9 Å². The van der Waals surface area contributed by atoms with Gasteiger partial charge in [0.25, 0.3) is 0 Å². The maximum atomic E-state index is 12.1. The van der Waals surface area contributed by atoms with Gasteiger partial charge in [0, 0.05) is 15.5 Å². The third-order valence-corrected chi connectivity index (χ3v) is 4.56. The van der Waals surface area contributed by atoms with Gasteiger partial charge in [-0.25, -0.2) is 4.73 Å². The van der Waals surface area contributed by atoms with Crippen LogP contribution in [0.4, 0.5) is 0 Å². The van der Waals surface area contributed by atoms with Gasteiger partial charge in [-0.3, -0.25) is 0 Å². The Morgan fingerprint density at radius 2 is 1.74 bits per heavy atom. The molecule has 0 atom stereocenters. The van der Waals surface area contributed by atoms with Crippen LogP contribution in [0.5, 0.6) is 0 Å². The average molecular weight is 344 g/mol. The summed E-state index contributed by atoms with van der Waals surface area (Å²) >= 11 is 7.42. The Kier molecular flexibility index (Phi) is 4.79. The summed E-state index contributed by atoms with van der Waals surface area (Å²) in [6.45, 7) is 2.04. The minimum absolute atomic E-state index is 0.383. The van der Waals surface area contributed by atoms with Gasteiger partial charge in [0.05, 0.1) is 5.10 Å². The molecular weight excluding hydrogens is 330 g/mol. The van der Waals surface area contributed by atoms with Gasteiger partial charge in [-0.15, -0.1) is 11.8 Å². The molecule has 0 bridgehead atoms. The maximum absolute atomic E-state index is 12.1. The zero-order chi connectivity index (χ0) is 16.2. The van der Waals surface area contributed by atoms with Crippen molar-refractivity contribution in [1.82, 2.24) is 10.2 Å². The average Bonchev–Trinajstić information content (AvgIpc) is 2.56. The predicted octanol–water partition coefficient (Wildman–Crippen LogP) is 4.03.